The summed E-state index contributed by atoms with van der Waals surface area (Å²) in [5.74, 6) is 0.318. The summed E-state index contributed by atoms with van der Waals surface area (Å²) < 4.78 is 25.5. The van der Waals surface area contributed by atoms with Crippen LogP contribution in [0.1, 0.15) is 56.7 Å². The smallest absolute Gasteiger partial charge is 0.155 e. The van der Waals surface area contributed by atoms with Gasteiger partial charge in [0.15, 0.2) is 9.84 Å². The normalized spacial score (nSPS) is 22.6. The summed E-state index contributed by atoms with van der Waals surface area (Å²) in [4.78, 5) is 0. The fourth-order valence-electron chi connectivity index (χ4n) is 3.27. The van der Waals surface area contributed by atoms with Gasteiger partial charge in [-0.25, -0.2) is 8.42 Å². The zero-order valence-corrected chi connectivity index (χ0v) is 14.0. The van der Waals surface area contributed by atoms with Crippen LogP contribution < -0.4 is 5.32 Å². The minimum absolute atomic E-state index is 0.0597. The van der Waals surface area contributed by atoms with E-state index in [0.29, 0.717) is 5.75 Å². The maximum absolute atomic E-state index is 12.8. The van der Waals surface area contributed by atoms with E-state index in [1.165, 1.54) is 11.1 Å². The predicted molar refractivity (Wildman–Crippen MR) is 88.3 cm³/mol. The molecule has 1 aliphatic rings. The molecular weight excluding hydrogens is 282 g/mol. The van der Waals surface area contributed by atoms with Crippen molar-refractivity contribution in [3.63, 3.8) is 0 Å². The first-order valence-electron chi connectivity index (χ1n) is 8.13. The zero-order valence-electron chi connectivity index (χ0n) is 13.1. The van der Waals surface area contributed by atoms with E-state index in [9.17, 15) is 8.42 Å². The van der Waals surface area contributed by atoms with Gasteiger partial charge in [0.2, 0.25) is 0 Å². The molecule has 0 saturated carbocycles. The third-order valence-corrected chi connectivity index (χ3v) is 6.65. The highest BCUT2D eigenvalue weighted by Crippen LogP contribution is 2.33. The monoisotopic (exact) mass is 309 g/mol. The first-order valence-corrected chi connectivity index (χ1v) is 9.84. The van der Waals surface area contributed by atoms with Crippen molar-refractivity contribution >= 4 is 9.84 Å². The van der Waals surface area contributed by atoms with E-state index in [1.807, 2.05) is 26.0 Å². The van der Waals surface area contributed by atoms with Gasteiger partial charge in [0, 0.05) is 6.04 Å². The van der Waals surface area contributed by atoms with E-state index in [1.54, 1.807) is 0 Å². The van der Waals surface area contributed by atoms with E-state index in [-0.39, 0.29) is 11.3 Å². The highest BCUT2D eigenvalue weighted by Gasteiger charge is 2.35. The van der Waals surface area contributed by atoms with Crippen molar-refractivity contribution < 1.29 is 8.42 Å². The van der Waals surface area contributed by atoms with Gasteiger partial charge in [-0.1, -0.05) is 44.5 Å². The quantitative estimate of drug-likeness (QED) is 0.821. The van der Waals surface area contributed by atoms with Crippen molar-refractivity contribution in [1.82, 2.24) is 5.32 Å². The van der Waals surface area contributed by atoms with Crippen LogP contribution in [0.15, 0.2) is 24.3 Å². The molecule has 0 aromatic heterocycles. The molecule has 1 N–H and O–H groups in total. The number of aryl methyl sites for hydroxylation is 1. The third kappa shape index (κ3) is 3.86. The van der Waals surface area contributed by atoms with Crippen LogP contribution in [-0.4, -0.2) is 26.0 Å². The Morgan fingerprint density at radius 3 is 2.71 bits per heavy atom. The lowest BCUT2D eigenvalue weighted by Crippen LogP contribution is -2.38. The van der Waals surface area contributed by atoms with Crippen molar-refractivity contribution in [1.29, 1.82) is 0 Å². The van der Waals surface area contributed by atoms with Gasteiger partial charge < -0.3 is 5.32 Å². The number of hydrogen-bond acceptors (Lipinski definition) is 3. The van der Waals surface area contributed by atoms with E-state index in [2.05, 4.69) is 17.4 Å². The third-order valence-electron chi connectivity index (χ3n) is 4.36. The van der Waals surface area contributed by atoms with Crippen LogP contribution in [0.5, 0.6) is 0 Å². The molecule has 2 unspecified atom stereocenters. The van der Waals surface area contributed by atoms with Gasteiger partial charge in [-0.15, -0.1) is 0 Å². The molecule has 0 amide bonds. The minimum atomic E-state index is -3.05. The second kappa shape index (κ2) is 7.41. The lowest BCUT2D eigenvalue weighted by atomic mass is 9.99. The van der Waals surface area contributed by atoms with Crippen molar-refractivity contribution in [3.8, 4) is 0 Å². The summed E-state index contributed by atoms with van der Waals surface area (Å²) in [6.45, 7) is 4.88. The van der Waals surface area contributed by atoms with Crippen LogP contribution >= 0.6 is 0 Å². The minimum Gasteiger partial charge on any atom is -0.309 e. The lowest BCUT2D eigenvalue weighted by Gasteiger charge is -2.27. The molecule has 1 aromatic carbocycles. The van der Waals surface area contributed by atoms with Crippen molar-refractivity contribution in [2.24, 2.45) is 0 Å². The fourth-order valence-corrected chi connectivity index (χ4v) is 5.45. The average Bonchev–Trinajstić information content (AvgIpc) is 2.66. The molecule has 0 heterocycles. The van der Waals surface area contributed by atoms with Crippen molar-refractivity contribution in [3.05, 3.63) is 35.4 Å². The molecule has 0 radical (unpaired) electrons. The number of benzene rings is 1. The van der Waals surface area contributed by atoms with Gasteiger partial charge in [0.05, 0.1) is 11.0 Å². The first-order chi connectivity index (χ1) is 10.1. The number of rotatable bonds is 6. The van der Waals surface area contributed by atoms with E-state index >= 15 is 0 Å². The summed E-state index contributed by atoms with van der Waals surface area (Å²) in [6.07, 6.45) is 4.39. The van der Waals surface area contributed by atoms with Crippen LogP contribution in [0.4, 0.5) is 0 Å². The Hall–Kier alpha value is -0.870. The van der Waals surface area contributed by atoms with Crippen LogP contribution in [0.2, 0.25) is 0 Å². The Labute approximate surface area is 129 Å². The molecule has 2 atom stereocenters. The summed E-state index contributed by atoms with van der Waals surface area (Å²) in [7, 11) is -3.05. The molecular formula is C17H27NO2S. The number of unbranched alkanes of at least 4 members (excludes halogenated alkanes) is 1. The maximum atomic E-state index is 12.8. The van der Waals surface area contributed by atoms with E-state index < -0.39 is 9.84 Å². The summed E-state index contributed by atoms with van der Waals surface area (Å²) >= 11 is 0. The molecule has 0 fully saturated rings. The molecule has 0 aliphatic heterocycles. The second-order valence-corrected chi connectivity index (χ2v) is 8.22. The largest absolute Gasteiger partial charge is 0.309 e. The maximum Gasteiger partial charge on any atom is 0.155 e. The second-order valence-electron chi connectivity index (χ2n) is 5.89. The SMILES string of the molecule is CCCCS(=O)(=O)C1CCCc2ccccc2C1NCC. The van der Waals surface area contributed by atoms with E-state index in [0.717, 1.165) is 38.6 Å². The molecule has 1 aromatic rings. The summed E-state index contributed by atoms with van der Waals surface area (Å²) in [6, 6.07) is 8.24. The molecule has 1 aliphatic carbocycles. The standard InChI is InChI=1S/C17H27NO2S/c1-3-5-13-21(19,20)16-12-8-10-14-9-6-7-11-15(14)17(16)18-4-2/h6-7,9,11,16-18H,3-5,8,10,12-13H2,1-2H3. The van der Waals surface area contributed by atoms with Gasteiger partial charge in [-0.2, -0.15) is 0 Å². The number of fused-ring (bicyclic) bond motifs is 1. The predicted octanol–water partition coefficient (Wildman–Crippen LogP) is 3.26. The molecule has 3 nitrogen and oxygen atoms in total. The average molecular weight is 309 g/mol. The lowest BCUT2D eigenvalue weighted by molar-refractivity contribution is 0.481. The zero-order chi connectivity index (χ0) is 15.3. The molecule has 4 heteroatoms. The van der Waals surface area contributed by atoms with Gasteiger partial charge in [0.25, 0.3) is 0 Å². The number of sulfone groups is 1. The van der Waals surface area contributed by atoms with Crippen LogP contribution in [0.3, 0.4) is 0 Å². The van der Waals surface area contributed by atoms with Gasteiger partial charge in [-0.05, 0) is 43.4 Å². The summed E-state index contributed by atoms with van der Waals surface area (Å²) in [5, 5.41) is 3.15. The van der Waals surface area contributed by atoms with Crippen molar-refractivity contribution in [2.75, 3.05) is 12.3 Å². The molecule has 0 spiro atoms. The van der Waals surface area contributed by atoms with Crippen molar-refractivity contribution in [2.45, 2.75) is 57.2 Å². The van der Waals surface area contributed by atoms with Gasteiger partial charge in [-0.3, -0.25) is 0 Å². The molecule has 118 valence electrons. The van der Waals surface area contributed by atoms with Crippen LogP contribution in [0, 0.1) is 0 Å². The highest BCUT2D eigenvalue weighted by atomic mass is 32.2. The number of nitrogens with one attached hydrogen (secondary N) is 1. The van der Waals surface area contributed by atoms with Crippen LogP contribution in [-0.2, 0) is 16.3 Å². The Morgan fingerprint density at radius 1 is 1.24 bits per heavy atom. The first kappa shape index (κ1) is 16.5. The fraction of sp³-hybridized carbons (Fsp3) is 0.647. The Morgan fingerprint density at radius 2 is 2.00 bits per heavy atom. The van der Waals surface area contributed by atoms with Crippen LogP contribution in [0.25, 0.3) is 0 Å². The molecule has 2 rings (SSSR count). The highest BCUT2D eigenvalue weighted by molar-refractivity contribution is 7.92. The topological polar surface area (TPSA) is 46.2 Å². The van der Waals surface area contributed by atoms with Gasteiger partial charge >= 0.3 is 0 Å². The summed E-state index contributed by atoms with van der Waals surface area (Å²) in [5.41, 5.74) is 2.48. The van der Waals surface area contributed by atoms with Gasteiger partial charge in [0.1, 0.15) is 0 Å². The molecule has 0 bridgehead atoms. The molecule has 0 saturated heterocycles. The Kier molecular flexibility index (Phi) is 5.82. The Balaban J connectivity index is 2.36. The Bertz CT molecular complexity index is 554. The molecule has 21 heavy (non-hydrogen) atoms. The van der Waals surface area contributed by atoms with E-state index in [4.69, 9.17) is 0 Å². The number of hydrogen-bond donors (Lipinski definition) is 1.